The Morgan fingerprint density at radius 1 is 1.50 bits per heavy atom. The fourth-order valence-electron chi connectivity index (χ4n) is 0.621. The van der Waals surface area contributed by atoms with Crippen LogP contribution in [-0.4, -0.2) is 24.4 Å². The molecule has 1 N–H and O–H groups in total. The number of pyridine rings is 1. The molecule has 0 amide bonds. The Morgan fingerprint density at radius 3 is 2.58 bits per heavy atom. The highest BCUT2D eigenvalue weighted by molar-refractivity contribution is 7.91. The maximum Gasteiger partial charge on any atom is 0.203 e. The Labute approximate surface area is 74.7 Å². The maximum atomic E-state index is 11.0. The highest BCUT2D eigenvalue weighted by Crippen LogP contribution is 2.11. The van der Waals surface area contributed by atoms with E-state index in [-0.39, 0.29) is 10.0 Å². The van der Waals surface area contributed by atoms with E-state index in [1.54, 1.807) is 0 Å². The van der Waals surface area contributed by atoms with Crippen LogP contribution in [0.3, 0.4) is 0 Å². The molecule has 0 aliphatic heterocycles. The lowest BCUT2D eigenvalue weighted by molar-refractivity contribution is 0.358. The number of aliphatic hydroxyl groups excluding tert-OH is 1. The smallest absolute Gasteiger partial charge is 0.203 e. The zero-order chi connectivity index (χ0) is 9.19. The molecule has 0 spiro atoms. The number of aliphatic hydroxyl groups is 1. The van der Waals surface area contributed by atoms with Gasteiger partial charge in [-0.15, -0.1) is 0 Å². The molecule has 1 heterocycles. The first kappa shape index (κ1) is 9.44. The predicted octanol–water partition coefficient (Wildman–Crippen LogP) is 0.459. The van der Waals surface area contributed by atoms with Crippen molar-refractivity contribution in [3.05, 3.63) is 23.5 Å². The summed E-state index contributed by atoms with van der Waals surface area (Å²) in [6.07, 6.45) is 1.11. The quantitative estimate of drug-likeness (QED) is 0.716. The van der Waals surface area contributed by atoms with Gasteiger partial charge < -0.3 is 5.11 Å². The van der Waals surface area contributed by atoms with Crippen LogP contribution in [0, 0.1) is 0 Å². The van der Waals surface area contributed by atoms with E-state index in [0.29, 0.717) is 0 Å². The van der Waals surface area contributed by atoms with E-state index >= 15 is 0 Å². The van der Waals surface area contributed by atoms with Crippen molar-refractivity contribution in [3.8, 4) is 0 Å². The van der Waals surface area contributed by atoms with E-state index in [1.165, 1.54) is 12.1 Å². The lowest BCUT2D eigenvalue weighted by Crippen LogP contribution is -2.05. The first-order valence-corrected chi connectivity index (χ1v) is 5.04. The molecule has 0 radical (unpaired) electrons. The molecule has 0 aliphatic rings. The number of sulfone groups is 1. The molecule has 0 saturated carbocycles. The van der Waals surface area contributed by atoms with Crippen LogP contribution in [0.5, 0.6) is 0 Å². The lowest BCUT2D eigenvalue weighted by Gasteiger charge is -1.98. The average Bonchev–Trinajstić information content (AvgIpc) is 2.05. The molecule has 66 valence electrons. The van der Waals surface area contributed by atoms with Gasteiger partial charge in [-0.3, -0.25) is 0 Å². The van der Waals surface area contributed by atoms with Gasteiger partial charge in [0, 0.05) is 6.20 Å². The van der Waals surface area contributed by atoms with Crippen LogP contribution < -0.4 is 0 Å². The number of rotatable bonds is 2. The van der Waals surface area contributed by atoms with Gasteiger partial charge in [-0.2, -0.15) is 0 Å². The summed E-state index contributed by atoms with van der Waals surface area (Å²) in [5.41, 5.74) is 0. The largest absolute Gasteiger partial charge is 0.380 e. The van der Waals surface area contributed by atoms with Gasteiger partial charge in [-0.25, -0.2) is 13.4 Å². The van der Waals surface area contributed by atoms with E-state index in [4.69, 9.17) is 16.7 Å². The van der Waals surface area contributed by atoms with Gasteiger partial charge in [0.05, 0.1) is 4.90 Å². The molecule has 1 rings (SSSR count). The molecule has 0 atom stereocenters. The van der Waals surface area contributed by atoms with Crippen molar-refractivity contribution >= 4 is 21.4 Å². The SMILES string of the molecule is O=S(=O)(CO)c1ccc(Cl)nc1. The highest BCUT2D eigenvalue weighted by atomic mass is 35.5. The summed E-state index contributed by atoms with van der Waals surface area (Å²) in [6, 6.07) is 2.64. The van der Waals surface area contributed by atoms with E-state index in [2.05, 4.69) is 4.98 Å². The van der Waals surface area contributed by atoms with Crippen LogP contribution in [-0.2, 0) is 9.84 Å². The third kappa shape index (κ3) is 1.94. The monoisotopic (exact) mass is 207 g/mol. The maximum absolute atomic E-state index is 11.0. The van der Waals surface area contributed by atoms with E-state index < -0.39 is 15.8 Å². The first-order valence-electron chi connectivity index (χ1n) is 3.01. The van der Waals surface area contributed by atoms with Crippen LogP contribution in [0.1, 0.15) is 0 Å². The van der Waals surface area contributed by atoms with Crippen molar-refractivity contribution in [2.45, 2.75) is 4.90 Å². The lowest BCUT2D eigenvalue weighted by atomic mass is 10.5. The van der Waals surface area contributed by atoms with Gasteiger partial charge in [0.2, 0.25) is 9.84 Å². The molecule has 0 saturated heterocycles. The number of halogens is 1. The van der Waals surface area contributed by atoms with Gasteiger partial charge in [0.1, 0.15) is 11.1 Å². The summed E-state index contributed by atoms with van der Waals surface area (Å²) < 4.78 is 22.0. The second kappa shape index (κ2) is 3.38. The highest BCUT2D eigenvalue weighted by Gasteiger charge is 2.12. The molecule has 0 aromatic carbocycles. The van der Waals surface area contributed by atoms with Crippen LogP contribution in [0.4, 0.5) is 0 Å². The number of hydrogen-bond acceptors (Lipinski definition) is 4. The Morgan fingerprint density at radius 2 is 2.17 bits per heavy atom. The molecule has 6 heteroatoms. The third-order valence-electron chi connectivity index (χ3n) is 1.23. The standard InChI is InChI=1S/C6H6ClNO3S/c7-6-2-1-5(3-8-6)12(10,11)4-9/h1-3,9H,4H2. The third-order valence-corrected chi connectivity index (χ3v) is 2.75. The molecule has 4 nitrogen and oxygen atoms in total. The van der Waals surface area contributed by atoms with Gasteiger partial charge in [0.25, 0.3) is 0 Å². The van der Waals surface area contributed by atoms with Crippen molar-refractivity contribution in [3.63, 3.8) is 0 Å². The molecular weight excluding hydrogens is 202 g/mol. The predicted molar refractivity (Wildman–Crippen MR) is 43.5 cm³/mol. The van der Waals surface area contributed by atoms with Gasteiger partial charge in [0.15, 0.2) is 0 Å². The molecule has 0 aliphatic carbocycles. The van der Waals surface area contributed by atoms with Gasteiger partial charge in [-0.05, 0) is 12.1 Å². The molecule has 1 aromatic heterocycles. The fraction of sp³-hybridized carbons (Fsp3) is 0.167. The summed E-state index contributed by atoms with van der Waals surface area (Å²) in [4.78, 5) is 3.54. The Hall–Kier alpha value is -0.650. The zero-order valence-electron chi connectivity index (χ0n) is 5.94. The van der Waals surface area contributed by atoms with Crippen molar-refractivity contribution in [2.75, 3.05) is 5.94 Å². The average molecular weight is 208 g/mol. The number of hydrogen-bond donors (Lipinski definition) is 1. The second-order valence-electron chi connectivity index (χ2n) is 2.06. The summed E-state index contributed by atoms with van der Waals surface area (Å²) in [5.74, 6) is -0.920. The molecular formula is C6H6ClNO3S. The van der Waals surface area contributed by atoms with Gasteiger partial charge in [-0.1, -0.05) is 11.6 Å². The normalized spacial score (nSPS) is 11.5. The fourth-order valence-corrected chi connectivity index (χ4v) is 1.37. The van der Waals surface area contributed by atoms with Crippen LogP contribution in [0.15, 0.2) is 23.2 Å². The summed E-state index contributed by atoms with van der Waals surface area (Å²) >= 11 is 5.44. The van der Waals surface area contributed by atoms with Crippen LogP contribution >= 0.6 is 11.6 Å². The second-order valence-corrected chi connectivity index (χ2v) is 4.41. The minimum absolute atomic E-state index is 0.0330. The Kier molecular flexibility index (Phi) is 2.66. The van der Waals surface area contributed by atoms with Crippen LogP contribution in [0.2, 0.25) is 5.15 Å². The van der Waals surface area contributed by atoms with Crippen molar-refractivity contribution in [1.82, 2.24) is 4.98 Å². The molecule has 12 heavy (non-hydrogen) atoms. The van der Waals surface area contributed by atoms with Crippen molar-refractivity contribution in [2.24, 2.45) is 0 Å². The minimum Gasteiger partial charge on any atom is -0.380 e. The first-order chi connectivity index (χ1) is 5.56. The van der Waals surface area contributed by atoms with E-state index in [1.807, 2.05) is 0 Å². The summed E-state index contributed by atoms with van der Waals surface area (Å²) in [5, 5.41) is 8.68. The Bertz CT molecular complexity index is 359. The molecule has 0 unspecified atom stereocenters. The van der Waals surface area contributed by atoms with Gasteiger partial charge >= 0.3 is 0 Å². The van der Waals surface area contributed by atoms with Crippen molar-refractivity contribution in [1.29, 1.82) is 0 Å². The Balaban J connectivity index is 3.14. The number of nitrogens with zero attached hydrogens (tertiary/aromatic N) is 1. The topological polar surface area (TPSA) is 67.3 Å². The molecule has 0 bridgehead atoms. The van der Waals surface area contributed by atoms with E-state index in [9.17, 15) is 8.42 Å². The van der Waals surface area contributed by atoms with Crippen LogP contribution in [0.25, 0.3) is 0 Å². The summed E-state index contributed by atoms with van der Waals surface area (Å²) in [7, 11) is -3.58. The minimum atomic E-state index is -3.58. The van der Waals surface area contributed by atoms with E-state index in [0.717, 1.165) is 6.20 Å². The van der Waals surface area contributed by atoms with Crippen molar-refractivity contribution < 1.29 is 13.5 Å². The molecule has 0 fully saturated rings. The zero-order valence-corrected chi connectivity index (χ0v) is 7.51. The number of aromatic nitrogens is 1. The summed E-state index contributed by atoms with van der Waals surface area (Å²) in [6.45, 7) is 0. The molecule has 1 aromatic rings.